The molecule has 2 heterocycles. The summed E-state index contributed by atoms with van der Waals surface area (Å²) in [6.07, 6.45) is 1.84. The maximum absolute atomic E-state index is 13.2. The second-order valence-electron chi connectivity index (χ2n) is 11.1. The summed E-state index contributed by atoms with van der Waals surface area (Å²) in [6, 6.07) is 12.7. The number of piperidine rings is 1. The van der Waals surface area contributed by atoms with Gasteiger partial charge in [-0.15, -0.1) is 0 Å². The molecule has 41 heavy (non-hydrogen) atoms. The smallest absolute Gasteiger partial charge is 0.251 e. The molecule has 0 aliphatic carbocycles. The lowest BCUT2D eigenvalue weighted by molar-refractivity contribution is -0.132. The molecule has 2 aliphatic heterocycles. The van der Waals surface area contributed by atoms with Gasteiger partial charge in [-0.2, -0.15) is 0 Å². The van der Waals surface area contributed by atoms with Crippen molar-refractivity contribution in [1.82, 2.24) is 15.5 Å². The number of Topliss-reactive ketones (excluding diaryl/α,β-unsaturated/α-hetero) is 1. The molecule has 2 aromatic rings. The second kappa shape index (κ2) is 14.5. The van der Waals surface area contributed by atoms with Crippen molar-refractivity contribution in [2.45, 2.75) is 52.1 Å². The molecule has 9 heteroatoms. The fourth-order valence-corrected chi connectivity index (χ4v) is 5.37. The molecule has 2 fully saturated rings. The molecular weight excluding hydrogens is 522 g/mol. The summed E-state index contributed by atoms with van der Waals surface area (Å²) in [5.74, 6) is 1.28. The summed E-state index contributed by atoms with van der Waals surface area (Å²) in [5, 5.41) is 6.24. The highest BCUT2D eigenvalue weighted by molar-refractivity contribution is 5.98. The van der Waals surface area contributed by atoms with Crippen LogP contribution in [-0.4, -0.2) is 75.1 Å². The fourth-order valence-electron chi connectivity index (χ4n) is 5.37. The van der Waals surface area contributed by atoms with Crippen molar-refractivity contribution in [3.05, 3.63) is 59.2 Å². The molecule has 0 radical (unpaired) electrons. The van der Waals surface area contributed by atoms with Crippen LogP contribution in [0.15, 0.2) is 42.5 Å². The summed E-state index contributed by atoms with van der Waals surface area (Å²) in [4.78, 5) is 40.9. The van der Waals surface area contributed by atoms with Gasteiger partial charge in [-0.05, 0) is 43.5 Å². The first-order valence-corrected chi connectivity index (χ1v) is 14.6. The van der Waals surface area contributed by atoms with Crippen LogP contribution in [0, 0.1) is 11.8 Å². The van der Waals surface area contributed by atoms with Gasteiger partial charge >= 0.3 is 0 Å². The minimum absolute atomic E-state index is 0. The van der Waals surface area contributed by atoms with Crippen molar-refractivity contribution in [2.75, 3.05) is 46.6 Å². The van der Waals surface area contributed by atoms with E-state index in [2.05, 4.69) is 10.6 Å². The molecule has 2 aromatic carbocycles. The van der Waals surface area contributed by atoms with Crippen LogP contribution < -0.4 is 20.1 Å². The topological polar surface area (TPSA) is 106 Å². The summed E-state index contributed by atoms with van der Waals surface area (Å²) >= 11 is 0. The first-order valence-electron chi connectivity index (χ1n) is 14.6. The Morgan fingerprint density at radius 1 is 1.15 bits per heavy atom. The average Bonchev–Trinajstić information content (AvgIpc) is 2.96. The first-order chi connectivity index (χ1) is 19.8. The SMILES string of the molecule is CCOc1cc(OC)ccc1CNCC(=O)N1CCCC(c2cccc(C(=O)N[C@@H](C(=O)C(C)C)C3COC3)c2)C1.[HH].[HH]. The van der Waals surface area contributed by atoms with E-state index >= 15 is 0 Å². The number of rotatable bonds is 13. The van der Waals surface area contributed by atoms with Gasteiger partial charge in [0.05, 0.1) is 39.5 Å². The molecule has 0 saturated carbocycles. The van der Waals surface area contributed by atoms with E-state index in [0.29, 0.717) is 45.0 Å². The van der Waals surface area contributed by atoms with Gasteiger partial charge in [0.25, 0.3) is 5.91 Å². The number of amides is 2. The number of hydrogen-bond acceptors (Lipinski definition) is 7. The highest BCUT2D eigenvalue weighted by Crippen LogP contribution is 2.28. The summed E-state index contributed by atoms with van der Waals surface area (Å²) < 4.78 is 16.3. The van der Waals surface area contributed by atoms with Gasteiger partial charge in [0.2, 0.25) is 5.91 Å². The number of carbonyl (C=O) groups excluding carboxylic acids is 3. The summed E-state index contributed by atoms with van der Waals surface area (Å²) in [6.45, 7) is 9.20. The van der Waals surface area contributed by atoms with Gasteiger partial charge in [-0.25, -0.2) is 0 Å². The third-order valence-corrected chi connectivity index (χ3v) is 7.86. The number of benzene rings is 2. The van der Waals surface area contributed by atoms with Crippen LogP contribution in [0.4, 0.5) is 0 Å². The zero-order chi connectivity index (χ0) is 29.4. The Morgan fingerprint density at radius 3 is 2.63 bits per heavy atom. The van der Waals surface area contributed by atoms with E-state index in [1.54, 1.807) is 13.2 Å². The van der Waals surface area contributed by atoms with Crippen molar-refractivity contribution in [3.63, 3.8) is 0 Å². The van der Waals surface area contributed by atoms with E-state index in [1.807, 2.05) is 62.1 Å². The van der Waals surface area contributed by atoms with Crippen molar-refractivity contribution in [1.29, 1.82) is 0 Å². The lowest BCUT2D eigenvalue weighted by atomic mass is 9.88. The Hall–Kier alpha value is -3.43. The average molecular weight is 570 g/mol. The third kappa shape index (κ3) is 7.86. The van der Waals surface area contributed by atoms with E-state index in [1.165, 1.54) is 0 Å². The van der Waals surface area contributed by atoms with Crippen LogP contribution in [0.5, 0.6) is 11.5 Å². The van der Waals surface area contributed by atoms with E-state index < -0.39 is 6.04 Å². The van der Waals surface area contributed by atoms with E-state index in [9.17, 15) is 14.4 Å². The maximum atomic E-state index is 13.2. The molecule has 4 rings (SSSR count). The third-order valence-electron chi connectivity index (χ3n) is 7.86. The van der Waals surface area contributed by atoms with Gasteiger partial charge in [-0.3, -0.25) is 14.4 Å². The normalized spacial score (nSPS) is 18.0. The molecule has 0 aromatic heterocycles. The monoisotopic (exact) mass is 569 g/mol. The molecule has 0 bridgehead atoms. The predicted octanol–water partition coefficient (Wildman–Crippen LogP) is 4.05. The molecule has 2 atom stereocenters. The largest absolute Gasteiger partial charge is 0.497 e. The van der Waals surface area contributed by atoms with Crippen molar-refractivity contribution in [2.24, 2.45) is 11.8 Å². The van der Waals surface area contributed by atoms with Crippen molar-refractivity contribution >= 4 is 17.6 Å². The number of nitrogens with one attached hydrogen (secondary N) is 2. The zero-order valence-electron chi connectivity index (χ0n) is 24.6. The molecule has 2 amide bonds. The summed E-state index contributed by atoms with van der Waals surface area (Å²) in [5.41, 5.74) is 2.52. The van der Waals surface area contributed by atoms with Gasteiger partial charge in [0.15, 0.2) is 5.78 Å². The Labute approximate surface area is 245 Å². The van der Waals surface area contributed by atoms with Gasteiger partial charge in [0, 0.05) is 57.4 Å². The Balaban J connectivity index is 0.00000323. The number of ketones is 1. The Bertz CT molecular complexity index is 1220. The second-order valence-corrected chi connectivity index (χ2v) is 11.1. The number of ether oxygens (including phenoxy) is 3. The molecule has 0 spiro atoms. The molecule has 2 saturated heterocycles. The van der Waals surface area contributed by atoms with Crippen molar-refractivity contribution in [3.8, 4) is 11.5 Å². The van der Waals surface area contributed by atoms with E-state index in [-0.39, 0.29) is 44.7 Å². The molecule has 9 nitrogen and oxygen atoms in total. The van der Waals surface area contributed by atoms with Crippen LogP contribution in [0.3, 0.4) is 0 Å². The molecule has 2 aliphatic rings. The van der Waals surface area contributed by atoms with Crippen LogP contribution in [0.25, 0.3) is 0 Å². The number of hydrogen-bond donors (Lipinski definition) is 2. The maximum Gasteiger partial charge on any atom is 0.251 e. The molecule has 1 unspecified atom stereocenters. The fraction of sp³-hybridized carbons (Fsp3) is 0.531. The predicted molar refractivity (Wildman–Crippen MR) is 161 cm³/mol. The number of nitrogens with zero attached hydrogens (tertiary/aromatic N) is 1. The number of likely N-dealkylation sites (tertiary alicyclic amines) is 1. The van der Waals surface area contributed by atoms with Crippen LogP contribution in [-0.2, 0) is 20.9 Å². The standard InChI is InChI=1S/C32H43N3O6.2H2/c1-5-41-28-15-27(39-4)12-11-24(28)16-33-17-29(36)35-13-7-10-25(18-35)22-8-6-9-23(14-22)32(38)34-30(26-19-40-20-26)31(37)21(2)3;;/h6,8-9,11-12,14-15,21,25-26,30,33H,5,7,10,13,16-20H2,1-4H3,(H,34,38);2*1H/t25?,30-;;/m1../s1. The minimum atomic E-state index is -0.544. The van der Waals surface area contributed by atoms with Crippen LogP contribution in [0.2, 0.25) is 0 Å². The lowest BCUT2D eigenvalue weighted by Gasteiger charge is -2.34. The highest BCUT2D eigenvalue weighted by Gasteiger charge is 2.36. The van der Waals surface area contributed by atoms with Crippen LogP contribution in [0.1, 0.15) is 63.9 Å². The molecule has 226 valence electrons. The van der Waals surface area contributed by atoms with Crippen LogP contribution >= 0.6 is 0 Å². The number of carbonyl (C=O) groups is 3. The Kier molecular flexibility index (Phi) is 10.8. The summed E-state index contributed by atoms with van der Waals surface area (Å²) in [7, 11) is 1.62. The van der Waals surface area contributed by atoms with Gasteiger partial charge in [0.1, 0.15) is 11.5 Å². The molecule has 2 N–H and O–H groups in total. The number of methoxy groups -OCH3 is 1. The minimum Gasteiger partial charge on any atom is -0.497 e. The van der Waals surface area contributed by atoms with Gasteiger partial charge < -0.3 is 29.7 Å². The van der Waals surface area contributed by atoms with E-state index in [4.69, 9.17) is 14.2 Å². The quantitative estimate of drug-likeness (QED) is 0.375. The zero-order valence-corrected chi connectivity index (χ0v) is 24.6. The molecular formula is C32H47N3O6. The first kappa shape index (κ1) is 30.5. The van der Waals surface area contributed by atoms with E-state index in [0.717, 1.165) is 35.5 Å². The Morgan fingerprint density at radius 2 is 1.95 bits per heavy atom. The van der Waals surface area contributed by atoms with Gasteiger partial charge in [-0.1, -0.05) is 32.0 Å². The lowest BCUT2D eigenvalue weighted by Crippen LogP contribution is -2.53. The van der Waals surface area contributed by atoms with Crippen molar-refractivity contribution < 1.29 is 31.4 Å². The highest BCUT2D eigenvalue weighted by atomic mass is 16.5.